The summed E-state index contributed by atoms with van der Waals surface area (Å²) in [5, 5.41) is 0.674. The van der Waals surface area contributed by atoms with Crippen molar-refractivity contribution in [2.45, 2.75) is 9.79 Å². The Morgan fingerprint density at radius 2 is 1.64 bits per heavy atom. The van der Waals surface area contributed by atoms with Crippen molar-refractivity contribution >= 4 is 34.9 Å². The van der Waals surface area contributed by atoms with E-state index in [1.165, 1.54) is 24.9 Å². The Hall–Kier alpha value is -2.04. The van der Waals surface area contributed by atoms with Gasteiger partial charge in [0.2, 0.25) is 5.78 Å². The van der Waals surface area contributed by atoms with Crippen molar-refractivity contribution in [1.82, 2.24) is 0 Å². The molecule has 3 nitrogen and oxygen atoms in total. The first kappa shape index (κ1) is 14.9. The van der Waals surface area contributed by atoms with E-state index >= 15 is 0 Å². The molecule has 2 aromatic rings. The van der Waals surface area contributed by atoms with Gasteiger partial charge in [-0.05, 0) is 42.5 Å². The fraction of sp³-hybridized carbons (Fsp3) is 0.0588. The van der Waals surface area contributed by atoms with Gasteiger partial charge in [-0.15, -0.1) is 0 Å². The van der Waals surface area contributed by atoms with Gasteiger partial charge in [-0.1, -0.05) is 23.4 Å². The normalized spacial score (nSPS) is 13.6. The number of carbonyl (C=O) groups excluding carboxylic acids is 2. The van der Waals surface area contributed by atoms with Crippen molar-refractivity contribution in [2.24, 2.45) is 0 Å². The van der Waals surface area contributed by atoms with Gasteiger partial charge in [0.15, 0.2) is 11.5 Å². The molecule has 3 rings (SSSR count). The third-order valence-corrected chi connectivity index (χ3v) is 4.51. The monoisotopic (exact) mass is 330 g/mol. The van der Waals surface area contributed by atoms with E-state index in [2.05, 4.69) is 0 Å². The molecule has 2 aromatic carbocycles. The molecule has 0 N–H and O–H groups in total. The predicted octanol–water partition coefficient (Wildman–Crippen LogP) is 4.40. The van der Waals surface area contributed by atoms with Crippen molar-refractivity contribution in [3.8, 4) is 0 Å². The van der Waals surface area contributed by atoms with E-state index in [0.717, 1.165) is 9.79 Å². The maximum Gasteiger partial charge on any atom is 0.228 e. The topological polar surface area (TPSA) is 43.4 Å². The molecular weight excluding hydrogens is 320 g/mol. The lowest BCUT2D eigenvalue weighted by molar-refractivity contribution is 0.0916. The number of benzene rings is 2. The Morgan fingerprint density at radius 1 is 0.955 bits per heavy atom. The van der Waals surface area contributed by atoms with Crippen LogP contribution in [0.25, 0.3) is 0 Å². The van der Waals surface area contributed by atoms with Crippen LogP contribution in [-0.4, -0.2) is 18.7 Å². The number of allylic oxidation sites excluding steroid dienone is 2. The summed E-state index contributed by atoms with van der Waals surface area (Å²) in [5.41, 5.74) is 0.787. The highest BCUT2D eigenvalue weighted by Crippen LogP contribution is 2.32. The van der Waals surface area contributed by atoms with Gasteiger partial charge in [-0.3, -0.25) is 9.59 Å². The predicted molar refractivity (Wildman–Crippen MR) is 85.8 cm³/mol. The largest absolute Gasteiger partial charge is 0.492 e. The third kappa shape index (κ3) is 2.80. The molecular formula is C17H11ClO3S. The molecule has 22 heavy (non-hydrogen) atoms. The average Bonchev–Trinajstić information content (AvgIpc) is 2.53. The zero-order valence-electron chi connectivity index (χ0n) is 11.6. The van der Waals surface area contributed by atoms with Crippen molar-refractivity contribution in [2.75, 3.05) is 7.11 Å². The van der Waals surface area contributed by atoms with Crippen LogP contribution in [0.5, 0.6) is 0 Å². The van der Waals surface area contributed by atoms with E-state index in [1.54, 1.807) is 12.1 Å². The SMILES string of the molecule is COC1=CC(=O)c2cc(Sc3ccc(Cl)cc3)ccc2C1=O. The minimum atomic E-state index is -0.264. The third-order valence-electron chi connectivity index (χ3n) is 3.26. The summed E-state index contributed by atoms with van der Waals surface area (Å²) in [4.78, 5) is 26.1. The first-order valence-corrected chi connectivity index (χ1v) is 7.70. The lowest BCUT2D eigenvalue weighted by Crippen LogP contribution is -2.17. The molecule has 0 unspecified atom stereocenters. The lowest BCUT2D eigenvalue weighted by Gasteiger charge is -2.15. The number of ketones is 2. The van der Waals surface area contributed by atoms with Crippen molar-refractivity contribution in [3.05, 3.63) is 70.4 Å². The highest BCUT2D eigenvalue weighted by molar-refractivity contribution is 7.99. The molecule has 0 fully saturated rings. The number of rotatable bonds is 3. The van der Waals surface area contributed by atoms with Crippen LogP contribution in [0.1, 0.15) is 20.7 Å². The second-order valence-corrected chi connectivity index (χ2v) is 6.25. The Bertz CT molecular complexity index is 794. The number of Topliss-reactive ketones (excluding diaryl/α,β-unsaturated/α-hetero) is 1. The summed E-state index contributed by atoms with van der Waals surface area (Å²) in [6.07, 6.45) is 1.24. The summed E-state index contributed by atoms with van der Waals surface area (Å²) in [7, 11) is 1.38. The zero-order chi connectivity index (χ0) is 15.7. The van der Waals surface area contributed by atoms with Gasteiger partial charge in [0.05, 0.1) is 7.11 Å². The Balaban J connectivity index is 1.93. The Kier molecular flexibility index (Phi) is 4.05. The molecule has 0 bridgehead atoms. The van der Waals surface area contributed by atoms with Gasteiger partial charge in [-0.2, -0.15) is 0 Å². The number of methoxy groups -OCH3 is 1. The van der Waals surface area contributed by atoms with Gasteiger partial charge >= 0.3 is 0 Å². The van der Waals surface area contributed by atoms with Crippen molar-refractivity contribution in [1.29, 1.82) is 0 Å². The van der Waals surface area contributed by atoms with Crippen LogP contribution < -0.4 is 0 Å². The summed E-state index contributed by atoms with van der Waals surface area (Å²) in [5.74, 6) is -0.402. The summed E-state index contributed by atoms with van der Waals surface area (Å²) in [6, 6.07) is 12.7. The average molecular weight is 331 g/mol. The van der Waals surface area contributed by atoms with E-state index in [9.17, 15) is 9.59 Å². The van der Waals surface area contributed by atoms with Crippen LogP contribution in [0.2, 0.25) is 5.02 Å². The molecule has 110 valence electrons. The molecule has 0 aliphatic heterocycles. The molecule has 0 saturated carbocycles. The zero-order valence-corrected chi connectivity index (χ0v) is 13.2. The van der Waals surface area contributed by atoms with Crippen LogP contribution in [0.15, 0.2) is 64.1 Å². The van der Waals surface area contributed by atoms with Crippen molar-refractivity contribution < 1.29 is 14.3 Å². The number of hydrogen-bond donors (Lipinski definition) is 0. The van der Waals surface area contributed by atoms with Gasteiger partial charge in [0.25, 0.3) is 0 Å². The van der Waals surface area contributed by atoms with Gasteiger partial charge in [0, 0.05) is 32.0 Å². The second kappa shape index (κ2) is 5.99. The van der Waals surface area contributed by atoms with E-state index in [4.69, 9.17) is 16.3 Å². The highest BCUT2D eigenvalue weighted by atomic mass is 35.5. The first-order valence-electron chi connectivity index (χ1n) is 6.50. The smallest absolute Gasteiger partial charge is 0.228 e. The molecule has 1 aliphatic carbocycles. The van der Waals surface area contributed by atoms with E-state index in [1.807, 2.05) is 30.3 Å². The molecule has 5 heteroatoms. The molecule has 0 aromatic heterocycles. The van der Waals surface area contributed by atoms with Crippen LogP contribution in [0.4, 0.5) is 0 Å². The number of carbonyl (C=O) groups is 2. The van der Waals surface area contributed by atoms with Gasteiger partial charge < -0.3 is 4.74 Å². The summed E-state index contributed by atoms with van der Waals surface area (Å²) in [6.45, 7) is 0. The maximum absolute atomic E-state index is 12.1. The molecule has 0 spiro atoms. The van der Waals surface area contributed by atoms with Crippen molar-refractivity contribution in [3.63, 3.8) is 0 Å². The highest BCUT2D eigenvalue weighted by Gasteiger charge is 2.26. The maximum atomic E-state index is 12.1. The van der Waals surface area contributed by atoms with Crippen LogP contribution >= 0.6 is 23.4 Å². The Labute approximate surface area is 136 Å². The first-order chi connectivity index (χ1) is 10.6. The molecule has 0 amide bonds. The number of ether oxygens (including phenoxy) is 1. The number of halogens is 1. The number of hydrogen-bond acceptors (Lipinski definition) is 4. The standard InChI is InChI=1S/C17H11ClO3S/c1-21-16-9-15(19)14-8-12(6-7-13(14)17(16)20)22-11-4-2-10(18)3-5-11/h2-9H,1H3. The summed E-state index contributed by atoms with van der Waals surface area (Å²) >= 11 is 7.37. The number of fused-ring (bicyclic) bond motifs is 1. The fourth-order valence-electron chi connectivity index (χ4n) is 2.17. The van der Waals surface area contributed by atoms with Gasteiger partial charge in [0.1, 0.15) is 0 Å². The van der Waals surface area contributed by atoms with Crippen LogP contribution in [0, 0.1) is 0 Å². The summed E-state index contributed by atoms with van der Waals surface area (Å²) < 4.78 is 4.94. The van der Waals surface area contributed by atoms with E-state index in [0.29, 0.717) is 16.1 Å². The molecule has 1 aliphatic rings. The molecule has 0 heterocycles. The fourth-order valence-corrected chi connectivity index (χ4v) is 3.16. The Morgan fingerprint density at radius 3 is 2.32 bits per heavy atom. The quantitative estimate of drug-likeness (QED) is 0.836. The second-order valence-electron chi connectivity index (χ2n) is 4.67. The van der Waals surface area contributed by atoms with E-state index in [-0.39, 0.29) is 17.3 Å². The van der Waals surface area contributed by atoms with Gasteiger partial charge in [-0.25, -0.2) is 0 Å². The molecule has 0 atom stereocenters. The minimum absolute atomic E-state index is 0.0793. The van der Waals surface area contributed by atoms with Crippen LogP contribution in [-0.2, 0) is 4.74 Å². The lowest BCUT2D eigenvalue weighted by atomic mass is 9.94. The molecule has 0 radical (unpaired) electrons. The van der Waals surface area contributed by atoms with E-state index < -0.39 is 0 Å². The molecule has 0 saturated heterocycles. The minimum Gasteiger partial charge on any atom is -0.492 e. The van der Waals surface area contributed by atoms with Crippen LogP contribution in [0.3, 0.4) is 0 Å².